The van der Waals surface area contributed by atoms with Crippen molar-refractivity contribution >= 4 is 29.9 Å². The summed E-state index contributed by atoms with van der Waals surface area (Å²) >= 11 is 1.27. The summed E-state index contributed by atoms with van der Waals surface area (Å²) in [6.45, 7) is 7.75. The molecule has 0 fully saturated rings. The Kier molecular flexibility index (Phi) is 7.42. The molecule has 0 saturated heterocycles. The van der Waals surface area contributed by atoms with Crippen LogP contribution in [0.1, 0.15) is 38.7 Å². The first-order valence-electron chi connectivity index (χ1n) is 9.93. The Labute approximate surface area is 191 Å². The van der Waals surface area contributed by atoms with Gasteiger partial charge in [-0.3, -0.25) is 4.79 Å². The van der Waals surface area contributed by atoms with E-state index in [2.05, 4.69) is 25.1 Å². The second-order valence-electron chi connectivity index (χ2n) is 7.22. The molecule has 0 atom stereocenters. The number of nitrogens with one attached hydrogen (secondary N) is 1. The number of thioether (sulfide) groups is 1. The zero-order chi connectivity index (χ0) is 23.3. The van der Waals surface area contributed by atoms with E-state index in [1.54, 1.807) is 18.3 Å². The lowest BCUT2D eigenvalue weighted by Gasteiger charge is -2.10. The average Bonchev–Trinajstić information content (AvgIpc) is 3.04. The molecule has 8 nitrogen and oxygen atoms in total. The van der Waals surface area contributed by atoms with Crippen molar-refractivity contribution in [1.29, 1.82) is 0 Å². The van der Waals surface area contributed by atoms with Gasteiger partial charge in [-0.2, -0.15) is 5.10 Å². The Morgan fingerprint density at radius 1 is 1.09 bits per heavy atom. The summed E-state index contributed by atoms with van der Waals surface area (Å²) in [6.07, 6.45) is 1.62. The number of aryl methyl sites for hydroxylation is 3. The standard InChI is InChI=1S/C23H25N5O3S/c1-14-10-15(2)26-23(25-14)32-13-21(29)27-24-12-19-11-16(3)28(17(19)4)20-8-6-18(7-9-20)22(30)31-5/h6-12H,13H2,1-5H3,(H,27,29)/b24-12-. The van der Waals surface area contributed by atoms with Gasteiger partial charge in [-0.05, 0) is 64.1 Å². The van der Waals surface area contributed by atoms with Crippen molar-refractivity contribution in [3.8, 4) is 5.69 Å². The van der Waals surface area contributed by atoms with Crippen LogP contribution in [0, 0.1) is 27.7 Å². The number of hydrazone groups is 1. The number of nitrogens with zero attached hydrogens (tertiary/aromatic N) is 4. The number of rotatable bonds is 7. The summed E-state index contributed by atoms with van der Waals surface area (Å²) in [5, 5.41) is 4.67. The van der Waals surface area contributed by atoms with Gasteiger partial charge in [0.25, 0.3) is 5.91 Å². The Morgan fingerprint density at radius 2 is 1.75 bits per heavy atom. The number of benzene rings is 1. The number of methoxy groups -OCH3 is 1. The van der Waals surface area contributed by atoms with Crippen molar-refractivity contribution in [3.05, 3.63) is 70.3 Å². The fourth-order valence-electron chi connectivity index (χ4n) is 3.27. The molecule has 32 heavy (non-hydrogen) atoms. The average molecular weight is 452 g/mol. The second-order valence-corrected chi connectivity index (χ2v) is 8.16. The number of carbonyl (C=O) groups is 2. The SMILES string of the molecule is COC(=O)c1ccc(-n2c(C)cc(/C=N\NC(=O)CSc3nc(C)cc(C)n3)c2C)cc1. The molecule has 1 N–H and O–H groups in total. The molecule has 0 saturated carbocycles. The molecule has 1 amide bonds. The number of carbonyl (C=O) groups excluding carboxylic acids is 2. The largest absolute Gasteiger partial charge is 0.465 e. The Bertz CT molecular complexity index is 1150. The van der Waals surface area contributed by atoms with Crippen LogP contribution in [0.15, 0.2) is 46.7 Å². The van der Waals surface area contributed by atoms with Crippen LogP contribution in [0.2, 0.25) is 0 Å². The first-order chi connectivity index (χ1) is 15.3. The number of ether oxygens (including phenoxy) is 1. The van der Waals surface area contributed by atoms with Crippen LogP contribution in [-0.2, 0) is 9.53 Å². The molecule has 0 aliphatic rings. The summed E-state index contributed by atoms with van der Waals surface area (Å²) in [4.78, 5) is 32.4. The maximum absolute atomic E-state index is 12.1. The van der Waals surface area contributed by atoms with Crippen LogP contribution in [-0.4, -0.2) is 45.5 Å². The summed E-state index contributed by atoms with van der Waals surface area (Å²) in [5.74, 6) is -0.434. The van der Waals surface area contributed by atoms with E-state index in [0.29, 0.717) is 10.7 Å². The fraction of sp³-hybridized carbons (Fsp3) is 0.261. The van der Waals surface area contributed by atoms with Crippen LogP contribution < -0.4 is 5.43 Å². The van der Waals surface area contributed by atoms with Gasteiger partial charge in [0.05, 0.1) is 24.6 Å². The third-order valence-corrected chi connectivity index (χ3v) is 5.55. The molecule has 0 unspecified atom stereocenters. The number of aromatic nitrogens is 3. The summed E-state index contributed by atoms with van der Waals surface area (Å²) < 4.78 is 6.80. The molecular weight excluding hydrogens is 426 g/mol. The molecule has 9 heteroatoms. The minimum atomic E-state index is -0.372. The molecule has 0 bridgehead atoms. The van der Waals surface area contributed by atoms with E-state index >= 15 is 0 Å². The quantitative estimate of drug-likeness (QED) is 0.194. The van der Waals surface area contributed by atoms with E-state index in [0.717, 1.165) is 34.0 Å². The minimum absolute atomic E-state index is 0.172. The lowest BCUT2D eigenvalue weighted by atomic mass is 10.2. The summed E-state index contributed by atoms with van der Waals surface area (Å²) in [7, 11) is 1.36. The molecule has 1 aromatic carbocycles. The highest BCUT2D eigenvalue weighted by Crippen LogP contribution is 2.20. The van der Waals surface area contributed by atoms with Crippen molar-refractivity contribution in [1.82, 2.24) is 20.0 Å². The van der Waals surface area contributed by atoms with Gasteiger partial charge in [0.2, 0.25) is 0 Å². The van der Waals surface area contributed by atoms with Crippen molar-refractivity contribution in [2.45, 2.75) is 32.9 Å². The third kappa shape index (κ3) is 5.61. The lowest BCUT2D eigenvalue weighted by molar-refractivity contribution is -0.118. The van der Waals surface area contributed by atoms with Gasteiger partial charge in [0.15, 0.2) is 5.16 Å². The van der Waals surface area contributed by atoms with E-state index in [-0.39, 0.29) is 17.6 Å². The van der Waals surface area contributed by atoms with Crippen LogP contribution in [0.5, 0.6) is 0 Å². The smallest absolute Gasteiger partial charge is 0.337 e. The first-order valence-corrected chi connectivity index (χ1v) is 10.9. The molecule has 3 rings (SSSR count). The summed E-state index contributed by atoms with van der Waals surface area (Å²) in [5.41, 5.74) is 8.54. The molecule has 0 radical (unpaired) electrons. The van der Waals surface area contributed by atoms with E-state index in [9.17, 15) is 9.59 Å². The molecule has 2 heterocycles. The monoisotopic (exact) mass is 451 g/mol. The molecule has 0 aliphatic carbocycles. The number of esters is 1. The van der Waals surface area contributed by atoms with Crippen LogP contribution in [0.3, 0.4) is 0 Å². The van der Waals surface area contributed by atoms with Gasteiger partial charge in [0.1, 0.15) is 0 Å². The molecule has 2 aromatic heterocycles. The third-order valence-electron chi connectivity index (χ3n) is 4.70. The number of amides is 1. The molecular formula is C23H25N5O3S. The molecule has 0 aliphatic heterocycles. The van der Waals surface area contributed by atoms with Crippen molar-refractivity contribution < 1.29 is 14.3 Å². The first kappa shape index (κ1) is 23.2. The summed E-state index contributed by atoms with van der Waals surface area (Å²) in [6, 6.07) is 11.1. The lowest BCUT2D eigenvalue weighted by Crippen LogP contribution is -2.19. The van der Waals surface area contributed by atoms with Gasteiger partial charge in [-0.25, -0.2) is 20.2 Å². The predicted molar refractivity (Wildman–Crippen MR) is 125 cm³/mol. The van der Waals surface area contributed by atoms with Crippen molar-refractivity contribution in [2.75, 3.05) is 12.9 Å². The Morgan fingerprint density at radius 3 is 2.38 bits per heavy atom. The fourth-order valence-corrected chi connectivity index (χ4v) is 4.02. The van der Waals surface area contributed by atoms with Gasteiger partial charge in [-0.1, -0.05) is 11.8 Å². The topological polar surface area (TPSA) is 98.5 Å². The van der Waals surface area contributed by atoms with Crippen LogP contribution >= 0.6 is 11.8 Å². The highest BCUT2D eigenvalue weighted by Gasteiger charge is 2.11. The maximum atomic E-state index is 12.1. The van der Waals surface area contributed by atoms with E-state index in [1.807, 2.05) is 52.0 Å². The van der Waals surface area contributed by atoms with E-state index < -0.39 is 0 Å². The molecule has 0 spiro atoms. The van der Waals surface area contributed by atoms with E-state index in [1.165, 1.54) is 18.9 Å². The Hall–Kier alpha value is -3.46. The molecule has 166 valence electrons. The highest BCUT2D eigenvalue weighted by molar-refractivity contribution is 7.99. The van der Waals surface area contributed by atoms with Gasteiger partial charge < -0.3 is 9.30 Å². The van der Waals surface area contributed by atoms with Crippen molar-refractivity contribution in [2.24, 2.45) is 5.10 Å². The number of hydrogen-bond donors (Lipinski definition) is 1. The maximum Gasteiger partial charge on any atom is 0.337 e. The Balaban J connectivity index is 1.64. The van der Waals surface area contributed by atoms with Gasteiger partial charge >= 0.3 is 5.97 Å². The highest BCUT2D eigenvalue weighted by atomic mass is 32.2. The zero-order valence-electron chi connectivity index (χ0n) is 18.7. The van der Waals surface area contributed by atoms with Crippen LogP contribution in [0.4, 0.5) is 0 Å². The van der Waals surface area contributed by atoms with Gasteiger partial charge in [0, 0.05) is 34.0 Å². The van der Waals surface area contributed by atoms with Gasteiger partial charge in [-0.15, -0.1) is 0 Å². The predicted octanol–water partition coefficient (Wildman–Crippen LogP) is 3.53. The van der Waals surface area contributed by atoms with Crippen LogP contribution in [0.25, 0.3) is 5.69 Å². The number of hydrogen-bond acceptors (Lipinski definition) is 7. The minimum Gasteiger partial charge on any atom is -0.465 e. The van der Waals surface area contributed by atoms with E-state index in [4.69, 9.17) is 4.74 Å². The normalized spacial score (nSPS) is 11.0. The molecule has 3 aromatic rings. The second kappa shape index (κ2) is 10.2. The van der Waals surface area contributed by atoms with Crippen molar-refractivity contribution in [3.63, 3.8) is 0 Å². The zero-order valence-corrected chi connectivity index (χ0v) is 19.5.